The molecule has 0 spiro atoms. The lowest BCUT2D eigenvalue weighted by Crippen LogP contribution is -2.49. The maximum Gasteiger partial charge on any atom is 0.226 e. The van der Waals surface area contributed by atoms with E-state index in [9.17, 15) is 9.18 Å². The molecule has 5 heteroatoms. The van der Waals surface area contributed by atoms with E-state index in [1.807, 2.05) is 17.0 Å². The van der Waals surface area contributed by atoms with Crippen molar-refractivity contribution in [3.63, 3.8) is 0 Å². The van der Waals surface area contributed by atoms with Gasteiger partial charge in [0, 0.05) is 44.7 Å². The Morgan fingerprint density at radius 3 is 2.33 bits per heavy atom. The molecule has 1 aliphatic carbocycles. The first-order valence-electron chi connectivity index (χ1n) is 11.0. The van der Waals surface area contributed by atoms with E-state index in [1.165, 1.54) is 23.3 Å². The van der Waals surface area contributed by atoms with E-state index < -0.39 is 0 Å². The number of benzene rings is 2. The van der Waals surface area contributed by atoms with E-state index in [0.29, 0.717) is 0 Å². The molecule has 1 N–H and O–H groups in total. The van der Waals surface area contributed by atoms with Crippen molar-refractivity contribution < 1.29 is 9.18 Å². The van der Waals surface area contributed by atoms with Gasteiger partial charge in [0.05, 0.1) is 0 Å². The zero-order valence-corrected chi connectivity index (χ0v) is 18.0. The number of nitrogens with one attached hydrogen (secondary N) is 1. The zero-order valence-electron chi connectivity index (χ0n) is 18.0. The van der Waals surface area contributed by atoms with Crippen LogP contribution in [0.4, 0.5) is 4.39 Å². The molecule has 0 aromatic heterocycles. The van der Waals surface area contributed by atoms with Gasteiger partial charge in [-0.1, -0.05) is 42.0 Å². The molecular weight excluding hydrogens is 377 g/mol. The molecule has 160 valence electrons. The summed E-state index contributed by atoms with van der Waals surface area (Å²) >= 11 is 0. The zero-order chi connectivity index (χ0) is 21.1. The van der Waals surface area contributed by atoms with Crippen molar-refractivity contribution >= 4 is 5.91 Å². The lowest BCUT2D eigenvalue weighted by molar-refractivity contribution is -0.137. The molecule has 0 unspecified atom stereocenters. The smallest absolute Gasteiger partial charge is 0.226 e. The second kappa shape index (κ2) is 9.27. The third kappa shape index (κ3) is 4.90. The second-order valence-electron chi connectivity index (χ2n) is 8.93. The Balaban J connectivity index is 1.47. The number of carbonyl (C=O) groups excluding carboxylic acids is 1. The van der Waals surface area contributed by atoms with Crippen molar-refractivity contribution in [3.8, 4) is 0 Å². The summed E-state index contributed by atoms with van der Waals surface area (Å²) in [5.74, 6) is 0.118. The fraction of sp³-hybridized carbons (Fsp3) is 0.480. The topological polar surface area (TPSA) is 35.6 Å². The number of amides is 1. The molecule has 3 atom stereocenters. The molecule has 4 rings (SSSR count). The highest BCUT2D eigenvalue weighted by atomic mass is 19.1. The van der Waals surface area contributed by atoms with Crippen LogP contribution < -0.4 is 5.32 Å². The van der Waals surface area contributed by atoms with Crippen LogP contribution in [0.5, 0.6) is 0 Å². The number of halogens is 1. The summed E-state index contributed by atoms with van der Waals surface area (Å²) < 4.78 is 13.5. The van der Waals surface area contributed by atoms with Crippen molar-refractivity contribution in [2.75, 3.05) is 33.2 Å². The molecule has 1 amide bonds. The van der Waals surface area contributed by atoms with Crippen molar-refractivity contribution in [1.29, 1.82) is 0 Å². The van der Waals surface area contributed by atoms with E-state index in [2.05, 4.69) is 48.5 Å². The fourth-order valence-electron chi connectivity index (χ4n) is 4.79. The van der Waals surface area contributed by atoms with Gasteiger partial charge in [-0.25, -0.2) is 4.39 Å². The summed E-state index contributed by atoms with van der Waals surface area (Å²) in [6, 6.07) is 15.6. The molecule has 1 saturated carbocycles. The van der Waals surface area contributed by atoms with Gasteiger partial charge < -0.3 is 15.1 Å². The highest BCUT2D eigenvalue weighted by molar-refractivity contribution is 5.80. The number of hydrogen-bond acceptors (Lipinski definition) is 3. The summed E-state index contributed by atoms with van der Waals surface area (Å²) in [7, 11) is 2.10. The Labute approximate surface area is 179 Å². The maximum absolute atomic E-state index is 13.5. The van der Waals surface area contributed by atoms with Gasteiger partial charge in [0.1, 0.15) is 5.82 Å². The van der Waals surface area contributed by atoms with Crippen LogP contribution in [0.1, 0.15) is 35.4 Å². The van der Waals surface area contributed by atoms with Crippen LogP contribution in [0.25, 0.3) is 0 Å². The summed E-state index contributed by atoms with van der Waals surface area (Å²) in [5, 5.41) is 3.67. The number of carbonyl (C=O) groups is 1. The normalized spacial score (nSPS) is 24.9. The maximum atomic E-state index is 13.5. The Hall–Kier alpha value is -2.24. The summed E-state index contributed by atoms with van der Waals surface area (Å²) in [6.07, 6.45) is 1.74. The Bertz CT molecular complexity index is 844. The molecule has 1 heterocycles. The first kappa shape index (κ1) is 21.0. The standard InChI is InChI=1S/C25H32FN3O/c1-18-3-5-19(6-4-18)17-27-22-15-23(20-7-9-21(26)10-8-20)24(16-22)25(30)29-13-11-28(2)12-14-29/h3-10,22-24,27H,11-17H2,1-2H3/t22-,23+,24-/m0/s1. The van der Waals surface area contributed by atoms with Crippen LogP contribution in [0.2, 0.25) is 0 Å². The largest absolute Gasteiger partial charge is 0.340 e. The molecular formula is C25H32FN3O. The number of aryl methyl sites for hydroxylation is 1. The van der Waals surface area contributed by atoms with Gasteiger partial charge in [-0.2, -0.15) is 0 Å². The van der Waals surface area contributed by atoms with E-state index >= 15 is 0 Å². The summed E-state index contributed by atoms with van der Waals surface area (Å²) in [6.45, 7) is 6.34. The van der Waals surface area contributed by atoms with E-state index in [1.54, 1.807) is 0 Å². The lowest BCUT2D eigenvalue weighted by Gasteiger charge is -2.35. The minimum absolute atomic E-state index is 0.0469. The van der Waals surface area contributed by atoms with Crippen LogP contribution in [-0.4, -0.2) is 55.0 Å². The molecule has 1 saturated heterocycles. The fourth-order valence-corrected chi connectivity index (χ4v) is 4.79. The summed E-state index contributed by atoms with van der Waals surface area (Å²) in [4.78, 5) is 17.7. The SMILES string of the molecule is Cc1ccc(CN[C@@H]2C[C@H](C(=O)N3CCN(C)CC3)[C@@H](c3ccc(F)cc3)C2)cc1. The molecule has 30 heavy (non-hydrogen) atoms. The van der Waals surface area contributed by atoms with Crippen LogP contribution in [0.3, 0.4) is 0 Å². The van der Waals surface area contributed by atoms with Crippen LogP contribution in [0.15, 0.2) is 48.5 Å². The number of likely N-dealkylation sites (N-methyl/N-ethyl adjacent to an activating group) is 1. The molecule has 2 fully saturated rings. The van der Waals surface area contributed by atoms with Crippen molar-refractivity contribution in [2.24, 2.45) is 5.92 Å². The highest BCUT2D eigenvalue weighted by Gasteiger charge is 2.41. The predicted molar refractivity (Wildman–Crippen MR) is 118 cm³/mol. The molecule has 4 nitrogen and oxygen atoms in total. The third-order valence-electron chi connectivity index (χ3n) is 6.71. The molecule has 2 aliphatic rings. The van der Waals surface area contributed by atoms with Gasteiger partial charge in [-0.3, -0.25) is 4.79 Å². The average Bonchev–Trinajstić information content (AvgIpc) is 3.18. The van der Waals surface area contributed by atoms with Gasteiger partial charge in [0.15, 0.2) is 0 Å². The number of piperazine rings is 1. The predicted octanol–water partition coefficient (Wildman–Crippen LogP) is 3.56. The minimum Gasteiger partial charge on any atom is -0.340 e. The van der Waals surface area contributed by atoms with Crippen LogP contribution >= 0.6 is 0 Å². The molecule has 0 bridgehead atoms. The van der Waals surface area contributed by atoms with Crippen molar-refractivity contribution in [2.45, 2.75) is 38.3 Å². The number of nitrogens with zero attached hydrogens (tertiary/aromatic N) is 2. The molecule has 2 aromatic carbocycles. The van der Waals surface area contributed by atoms with Gasteiger partial charge in [-0.05, 0) is 56.0 Å². The lowest BCUT2D eigenvalue weighted by atomic mass is 9.87. The first-order chi connectivity index (χ1) is 14.5. The molecule has 0 radical (unpaired) electrons. The first-order valence-corrected chi connectivity index (χ1v) is 11.0. The summed E-state index contributed by atoms with van der Waals surface area (Å²) in [5.41, 5.74) is 3.59. The highest BCUT2D eigenvalue weighted by Crippen LogP contribution is 2.41. The van der Waals surface area contributed by atoms with Gasteiger partial charge in [0.25, 0.3) is 0 Å². The third-order valence-corrected chi connectivity index (χ3v) is 6.71. The van der Waals surface area contributed by atoms with E-state index in [4.69, 9.17) is 0 Å². The Kier molecular flexibility index (Phi) is 6.49. The van der Waals surface area contributed by atoms with Crippen molar-refractivity contribution in [1.82, 2.24) is 15.1 Å². The number of rotatable bonds is 5. The minimum atomic E-state index is -0.229. The second-order valence-corrected chi connectivity index (χ2v) is 8.93. The Morgan fingerprint density at radius 1 is 1.00 bits per heavy atom. The average molecular weight is 410 g/mol. The molecule has 2 aromatic rings. The van der Waals surface area contributed by atoms with Gasteiger partial charge in [-0.15, -0.1) is 0 Å². The van der Waals surface area contributed by atoms with Crippen LogP contribution in [-0.2, 0) is 11.3 Å². The number of hydrogen-bond donors (Lipinski definition) is 1. The van der Waals surface area contributed by atoms with Gasteiger partial charge >= 0.3 is 0 Å². The molecule has 1 aliphatic heterocycles. The van der Waals surface area contributed by atoms with E-state index in [-0.39, 0.29) is 29.6 Å². The van der Waals surface area contributed by atoms with Crippen molar-refractivity contribution in [3.05, 3.63) is 71.0 Å². The van der Waals surface area contributed by atoms with Gasteiger partial charge in [0.2, 0.25) is 5.91 Å². The van der Waals surface area contributed by atoms with Crippen LogP contribution in [0, 0.1) is 18.7 Å². The van der Waals surface area contributed by atoms with E-state index in [0.717, 1.165) is 51.1 Å². The quantitative estimate of drug-likeness (QED) is 0.820. The Morgan fingerprint density at radius 2 is 1.67 bits per heavy atom. The monoisotopic (exact) mass is 409 g/mol.